The summed E-state index contributed by atoms with van der Waals surface area (Å²) in [6.07, 6.45) is 4.50. The number of thiophene rings is 2. The first-order chi connectivity index (χ1) is 25.3. The Kier molecular flexibility index (Phi) is 6.36. The average molecular weight is 684 g/mol. The Morgan fingerprint density at radius 3 is 1.41 bits per heavy atom. The predicted molar refractivity (Wildman–Crippen MR) is 224 cm³/mol. The van der Waals surface area contributed by atoms with E-state index in [0.29, 0.717) is 0 Å². The van der Waals surface area contributed by atoms with Crippen LogP contribution in [0.1, 0.15) is 11.1 Å². The van der Waals surface area contributed by atoms with Crippen molar-refractivity contribution in [3.05, 3.63) is 175 Å². The highest BCUT2D eigenvalue weighted by Gasteiger charge is 2.22. The molecule has 0 unspecified atom stereocenters. The Morgan fingerprint density at radius 1 is 0.353 bits per heavy atom. The van der Waals surface area contributed by atoms with Gasteiger partial charge in [-0.15, -0.1) is 22.7 Å². The van der Waals surface area contributed by atoms with E-state index in [1.807, 2.05) is 22.7 Å². The monoisotopic (exact) mass is 683 g/mol. The Morgan fingerprint density at radius 2 is 0.843 bits per heavy atom. The fourth-order valence-corrected chi connectivity index (χ4v) is 10.5. The van der Waals surface area contributed by atoms with Crippen molar-refractivity contribution in [2.45, 2.75) is 0 Å². The Labute approximate surface area is 303 Å². The summed E-state index contributed by atoms with van der Waals surface area (Å²) < 4.78 is 5.22. The summed E-state index contributed by atoms with van der Waals surface area (Å²) >= 11 is 3.76. The maximum absolute atomic E-state index is 2.49. The van der Waals surface area contributed by atoms with Crippen LogP contribution in [-0.4, -0.2) is 0 Å². The summed E-state index contributed by atoms with van der Waals surface area (Å²) in [7, 11) is 0. The molecule has 0 aliphatic heterocycles. The van der Waals surface area contributed by atoms with Gasteiger partial charge in [-0.3, -0.25) is 0 Å². The molecule has 0 atom stereocenters. The molecular weight excluding hydrogens is 655 g/mol. The molecule has 1 aliphatic rings. The van der Waals surface area contributed by atoms with Gasteiger partial charge in [0.1, 0.15) is 0 Å². The van der Waals surface area contributed by atoms with Crippen LogP contribution in [0, 0.1) is 0 Å². The van der Waals surface area contributed by atoms with Gasteiger partial charge >= 0.3 is 0 Å². The third-order valence-corrected chi connectivity index (χ3v) is 12.9. The van der Waals surface area contributed by atoms with Gasteiger partial charge in [-0.2, -0.15) is 0 Å². The molecule has 238 valence electrons. The Bertz CT molecular complexity index is 2890. The van der Waals surface area contributed by atoms with E-state index in [4.69, 9.17) is 0 Å². The van der Waals surface area contributed by atoms with Crippen LogP contribution in [0.5, 0.6) is 0 Å². The van der Waals surface area contributed by atoms with E-state index >= 15 is 0 Å². The molecule has 0 saturated carbocycles. The van der Waals surface area contributed by atoms with Crippen molar-refractivity contribution >= 4 is 103 Å². The number of anilines is 3. The summed E-state index contributed by atoms with van der Waals surface area (Å²) in [6.45, 7) is 0. The predicted octanol–water partition coefficient (Wildman–Crippen LogP) is 14.9. The number of benzene rings is 8. The minimum atomic E-state index is 1.14. The van der Waals surface area contributed by atoms with Crippen molar-refractivity contribution in [3.8, 4) is 22.3 Å². The molecule has 0 amide bonds. The molecule has 51 heavy (non-hydrogen) atoms. The SMILES string of the molecule is C1=Cc2ccc(-c3ccc(N(c4cccc5c4sc4ccccc45)c4cccc5c4sc4ccccc45)cc3)c3c(-c4ccccc4)ccc1c23. The van der Waals surface area contributed by atoms with E-state index < -0.39 is 0 Å². The van der Waals surface area contributed by atoms with Gasteiger partial charge in [0, 0.05) is 36.6 Å². The quantitative estimate of drug-likeness (QED) is 0.175. The van der Waals surface area contributed by atoms with Crippen molar-refractivity contribution in [1.82, 2.24) is 0 Å². The number of hydrogen-bond acceptors (Lipinski definition) is 3. The second kappa shape index (κ2) is 11.3. The number of hydrogen-bond donors (Lipinski definition) is 0. The van der Waals surface area contributed by atoms with Crippen LogP contribution in [0.4, 0.5) is 17.1 Å². The van der Waals surface area contributed by atoms with Gasteiger partial charge < -0.3 is 4.90 Å². The third kappa shape index (κ3) is 4.39. The van der Waals surface area contributed by atoms with Crippen molar-refractivity contribution in [2.24, 2.45) is 0 Å². The molecule has 0 saturated heterocycles. The van der Waals surface area contributed by atoms with Gasteiger partial charge in [0.25, 0.3) is 0 Å². The smallest absolute Gasteiger partial charge is 0.0640 e. The molecule has 1 aliphatic carbocycles. The average Bonchev–Trinajstić information content (AvgIpc) is 3.91. The van der Waals surface area contributed by atoms with Gasteiger partial charge in [-0.25, -0.2) is 0 Å². The summed E-state index contributed by atoms with van der Waals surface area (Å²) in [5.74, 6) is 0. The van der Waals surface area contributed by atoms with Gasteiger partial charge in [0.2, 0.25) is 0 Å². The highest BCUT2D eigenvalue weighted by molar-refractivity contribution is 7.27. The zero-order chi connectivity index (χ0) is 33.5. The van der Waals surface area contributed by atoms with E-state index in [9.17, 15) is 0 Å². The second-order valence-electron chi connectivity index (χ2n) is 13.2. The second-order valence-corrected chi connectivity index (χ2v) is 15.3. The largest absolute Gasteiger partial charge is 0.308 e. The first kappa shape index (κ1) is 28.8. The lowest BCUT2D eigenvalue weighted by Gasteiger charge is -2.27. The van der Waals surface area contributed by atoms with Crippen LogP contribution < -0.4 is 4.90 Å². The lowest BCUT2D eigenvalue weighted by Crippen LogP contribution is -2.10. The third-order valence-electron chi connectivity index (χ3n) is 10.4. The van der Waals surface area contributed by atoms with Gasteiger partial charge in [-0.05, 0) is 80.6 Å². The lowest BCUT2D eigenvalue weighted by atomic mass is 9.89. The summed E-state index contributed by atoms with van der Waals surface area (Å²) in [5.41, 5.74) is 11.1. The highest BCUT2D eigenvalue weighted by atomic mass is 32.1. The first-order valence-corrected chi connectivity index (χ1v) is 19.0. The topological polar surface area (TPSA) is 3.24 Å². The zero-order valence-corrected chi connectivity index (χ0v) is 29.1. The molecule has 2 aromatic heterocycles. The molecule has 0 spiro atoms. The van der Waals surface area contributed by atoms with E-state index in [-0.39, 0.29) is 0 Å². The summed E-state index contributed by atoms with van der Waals surface area (Å²) in [6, 6.07) is 60.4. The minimum Gasteiger partial charge on any atom is -0.308 e. The van der Waals surface area contributed by atoms with Gasteiger partial charge in [-0.1, -0.05) is 140 Å². The van der Waals surface area contributed by atoms with Crippen molar-refractivity contribution in [1.29, 1.82) is 0 Å². The van der Waals surface area contributed by atoms with Crippen LogP contribution in [0.3, 0.4) is 0 Å². The number of rotatable bonds is 5. The van der Waals surface area contributed by atoms with Crippen LogP contribution >= 0.6 is 22.7 Å². The van der Waals surface area contributed by atoms with Crippen molar-refractivity contribution < 1.29 is 0 Å². The number of fused-ring (bicyclic) bond motifs is 6. The van der Waals surface area contributed by atoms with Gasteiger partial charge in [0.15, 0.2) is 0 Å². The molecule has 10 aromatic rings. The lowest BCUT2D eigenvalue weighted by molar-refractivity contribution is 1.32. The summed E-state index contributed by atoms with van der Waals surface area (Å²) in [5, 5.41) is 7.88. The summed E-state index contributed by atoms with van der Waals surface area (Å²) in [4.78, 5) is 2.49. The standard InChI is InChI=1S/C48H29NS2/c1-2-10-30(11-3-1)35-28-24-32-20-21-33-25-29-36(46(35)45(32)33)31-22-26-34(27-23-31)49(41-16-8-14-39-37-12-4-6-18-43(37)50-47(39)41)42-17-9-15-40-38-13-5-7-19-44(38)51-48(40)42/h1-29H. The molecule has 3 heteroatoms. The Balaban J connectivity index is 1.14. The van der Waals surface area contributed by atoms with Crippen molar-refractivity contribution in [2.75, 3.05) is 4.90 Å². The minimum absolute atomic E-state index is 1.14. The molecule has 1 nitrogen and oxygen atoms in total. The molecule has 0 radical (unpaired) electrons. The van der Waals surface area contributed by atoms with Gasteiger partial charge in [0.05, 0.1) is 20.8 Å². The maximum atomic E-state index is 2.49. The fraction of sp³-hybridized carbons (Fsp3) is 0. The van der Waals surface area contributed by atoms with Crippen LogP contribution in [0.2, 0.25) is 0 Å². The number of nitrogens with zero attached hydrogens (tertiary/aromatic N) is 1. The first-order valence-electron chi connectivity index (χ1n) is 17.3. The normalized spacial score (nSPS) is 12.2. The molecule has 8 aromatic carbocycles. The molecule has 11 rings (SSSR count). The maximum Gasteiger partial charge on any atom is 0.0640 e. The highest BCUT2D eigenvalue weighted by Crippen LogP contribution is 2.49. The van der Waals surface area contributed by atoms with Crippen molar-refractivity contribution in [3.63, 3.8) is 0 Å². The van der Waals surface area contributed by atoms with E-state index in [1.54, 1.807) is 0 Å². The molecule has 0 N–H and O–H groups in total. The zero-order valence-electron chi connectivity index (χ0n) is 27.5. The fourth-order valence-electron chi connectivity index (χ4n) is 8.12. The Hall–Kier alpha value is -6.00. The molecule has 0 fully saturated rings. The molecule has 2 heterocycles. The van der Waals surface area contributed by atoms with Crippen LogP contribution in [-0.2, 0) is 0 Å². The molecule has 0 bridgehead atoms. The van der Waals surface area contributed by atoms with E-state index in [0.717, 1.165) is 5.69 Å². The molecular formula is C48H29NS2. The van der Waals surface area contributed by atoms with Crippen LogP contribution in [0.15, 0.2) is 164 Å². The van der Waals surface area contributed by atoms with Crippen LogP contribution in [0.25, 0.3) is 85.5 Å². The van der Waals surface area contributed by atoms with E-state index in [1.165, 1.54) is 95.9 Å². The van der Waals surface area contributed by atoms with E-state index in [2.05, 4.69) is 181 Å².